The van der Waals surface area contributed by atoms with Gasteiger partial charge in [0.15, 0.2) is 5.65 Å². The van der Waals surface area contributed by atoms with E-state index in [-0.39, 0.29) is 18.3 Å². The third kappa shape index (κ3) is 3.14. The largest absolute Gasteiger partial charge is 0.491 e. The maximum Gasteiger partial charge on any atom is 0.416 e. The molecule has 0 unspecified atom stereocenters. The summed E-state index contributed by atoms with van der Waals surface area (Å²) in [6.07, 6.45) is -3.05. The summed E-state index contributed by atoms with van der Waals surface area (Å²) >= 11 is 0. The summed E-state index contributed by atoms with van der Waals surface area (Å²) in [5.41, 5.74) is 8.11. The number of pyridine rings is 2. The van der Waals surface area contributed by atoms with Gasteiger partial charge in [-0.25, -0.2) is 9.97 Å². The van der Waals surface area contributed by atoms with Crippen molar-refractivity contribution >= 4 is 22.8 Å². The van der Waals surface area contributed by atoms with Crippen LogP contribution in [0.3, 0.4) is 0 Å². The van der Waals surface area contributed by atoms with Gasteiger partial charge in [0.05, 0.1) is 30.4 Å². The van der Waals surface area contributed by atoms with Gasteiger partial charge >= 0.3 is 6.18 Å². The number of nitrogens with zero attached hydrogens (tertiary/aromatic N) is 3. The molecule has 0 saturated carbocycles. The van der Waals surface area contributed by atoms with Crippen LogP contribution in [0.15, 0.2) is 30.5 Å². The minimum absolute atomic E-state index is 0.0707. The van der Waals surface area contributed by atoms with Crippen LogP contribution < -0.4 is 10.5 Å². The van der Waals surface area contributed by atoms with Crippen LogP contribution in [0.4, 0.5) is 19.0 Å². The smallest absolute Gasteiger partial charge is 0.416 e. The predicted octanol–water partition coefficient (Wildman–Crippen LogP) is 3.47. The highest BCUT2D eigenvalue weighted by Gasteiger charge is 2.36. The van der Waals surface area contributed by atoms with Crippen molar-refractivity contribution in [2.24, 2.45) is 0 Å². The molecule has 3 aromatic rings. The third-order valence-electron chi connectivity index (χ3n) is 5.72. The molecule has 2 N–H and O–H groups in total. The third-order valence-corrected chi connectivity index (χ3v) is 5.72. The number of carbonyl (C=O) groups is 1. The molecule has 2 aliphatic heterocycles. The molecule has 0 aliphatic carbocycles. The Bertz CT molecular complexity index is 1230. The molecule has 1 aromatic carbocycles. The number of hydrogen-bond acceptors (Lipinski definition) is 6. The van der Waals surface area contributed by atoms with Gasteiger partial charge in [0.25, 0.3) is 5.91 Å². The molecule has 2 aromatic heterocycles. The Hall–Kier alpha value is -3.40. The van der Waals surface area contributed by atoms with Crippen molar-refractivity contribution in [2.75, 3.05) is 19.4 Å². The van der Waals surface area contributed by atoms with Crippen LogP contribution >= 0.6 is 0 Å². The van der Waals surface area contributed by atoms with Gasteiger partial charge in [0.2, 0.25) is 0 Å². The Balaban J connectivity index is 1.47. The van der Waals surface area contributed by atoms with Crippen molar-refractivity contribution in [3.63, 3.8) is 0 Å². The van der Waals surface area contributed by atoms with Crippen molar-refractivity contribution < 1.29 is 27.4 Å². The summed E-state index contributed by atoms with van der Waals surface area (Å²) in [5, 5.41) is 0.693. The number of fused-ring (bicyclic) bond motifs is 4. The van der Waals surface area contributed by atoms with Gasteiger partial charge in [-0.3, -0.25) is 4.79 Å². The van der Waals surface area contributed by atoms with Crippen LogP contribution in [0.25, 0.3) is 11.0 Å². The lowest BCUT2D eigenvalue weighted by Crippen LogP contribution is -2.32. The fourth-order valence-corrected chi connectivity index (χ4v) is 4.00. The number of amides is 1. The monoisotopic (exact) mass is 430 g/mol. The van der Waals surface area contributed by atoms with E-state index in [1.165, 1.54) is 17.2 Å². The molecule has 31 heavy (non-hydrogen) atoms. The number of carbonyl (C=O) groups excluding carboxylic acids is 1. The average molecular weight is 430 g/mol. The van der Waals surface area contributed by atoms with Gasteiger partial charge in [-0.2, -0.15) is 13.2 Å². The number of halogens is 3. The second-order valence-electron chi connectivity index (χ2n) is 7.54. The zero-order chi connectivity index (χ0) is 21.9. The average Bonchev–Trinajstić information content (AvgIpc) is 3.39. The normalized spacial score (nSPS) is 17.4. The van der Waals surface area contributed by atoms with Gasteiger partial charge in [-0.05, 0) is 23.8 Å². The summed E-state index contributed by atoms with van der Waals surface area (Å²) in [5.74, 6) is 0.160. The lowest BCUT2D eigenvalue weighted by molar-refractivity contribution is -0.137. The van der Waals surface area contributed by atoms with E-state index in [2.05, 4.69) is 9.97 Å². The van der Waals surface area contributed by atoms with Crippen molar-refractivity contribution in [3.8, 4) is 5.75 Å². The number of aromatic nitrogens is 2. The number of anilines is 1. The first-order valence-corrected chi connectivity index (χ1v) is 9.50. The number of hydrogen-bond donors (Lipinski definition) is 1. The molecule has 0 fully saturated rings. The van der Waals surface area contributed by atoms with E-state index in [9.17, 15) is 18.0 Å². The number of ether oxygens (including phenoxy) is 2. The van der Waals surface area contributed by atoms with E-state index in [1.54, 1.807) is 13.1 Å². The van der Waals surface area contributed by atoms with Gasteiger partial charge < -0.3 is 20.1 Å². The molecular formula is C21H17F3N4O3. The van der Waals surface area contributed by atoms with Crippen LogP contribution in [0, 0.1) is 0 Å². The van der Waals surface area contributed by atoms with Crippen molar-refractivity contribution in [1.29, 1.82) is 0 Å². The summed E-state index contributed by atoms with van der Waals surface area (Å²) in [4.78, 5) is 23.2. The molecule has 2 aliphatic rings. The first-order valence-electron chi connectivity index (χ1n) is 9.50. The number of nitrogens with two attached hydrogens (primary N) is 1. The van der Waals surface area contributed by atoms with Crippen LogP contribution in [-0.2, 0) is 24.1 Å². The topological polar surface area (TPSA) is 90.6 Å². The van der Waals surface area contributed by atoms with E-state index < -0.39 is 17.8 Å². The van der Waals surface area contributed by atoms with E-state index in [1.807, 2.05) is 0 Å². The number of alkyl halides is 3. The summed E-state index contributed by atoms with van der Waals surface area (Å²) in [7, 11) is 1.59. The minimum atomic E-state index is -4.46. The molecule has 7 nitrogen and oxygen atoms in total. The standard InChI is InChI=1S/C21H17F3N4O3/c1-28(16-9-31-17-5-11(21(22,23)24)2-3-12(16)17)20(29)10-4-13-14-7-30-8-15(14)18(25)27-19(13)26-6-10/h2-6,16H,7-9H2,1H3,(H2,25,26,27)/t16-/m1/s1. The van der Waals surface area contributed by atoms with Gasteiger partial charge in [0, 0.05) is 29.8 Å². The molecule has 0 radical (unpaired) electrons. The molecule has 1 atom stereocenters. The number of benzene rings is 1. The number of rotatable bonds is 2. The summed E-state index contributed by atoms with van der Waals surface area (Å²) in [6, 6.07) is 4.50. The van der Waals surface area contributed by atoms with E-state index in [4.69, 9.17) is 15.2 Å². The first kappa shape index (κ1) is 19.6. The number of nitrogen functional groups attached to an aromatic ring is 1. The molecule has 10 heteroatoms. The molecule has 5 rings (SSSR count). The minimum Gasteiger partial charge on any atom is -0.491 e. The SMILES string of the molecule is CN(C(=O)c1cnc2nc(N)c3c(c2c1)COC3)[C@@H]1COc2cc(C(F)(F)F)ccc21. The van der Waals surface area contributed by atoms with E-state index in [0.29, 0.717) is 41.2 Å². The fourth-order valence-electron chi connectivity index (χ4n) is 4.00. The van der Waals surface area contributed by atoms with Crippen LogP contribution in [0.1, 0.15) is 38.7 Å². The molecule has 4 heterocycles. The lowest BCUT2D eigenvalue weighted by Gasteiger charge is -2.24. The van der Waals surface area contributed by atoms with Gasteiger partial charge in [0.1, 0.15) is 18.2 Å². The second-order valence-corrected chi connectivity index (χ2v) is 7.54. The zero-order valence-electron chi connectivity index (χ0n) is 16.4. The number of likely N-dealkylation sites (N-methyl/N-ethyl adjacent to an activating group) is 1. The molecule has 0 spiro atoms. The Morgan fingerprint density at radius 1 is 1.23 bits per heavy atom. The van der Waals surface area contributed by atoms with Crippen molar-refractivity contribution in [1.82, 2.24) is 14.9 Å². The summed E-state index contributed by atoms with van der Waals surface area (Å²) < 4.78 is 49.8. The van der Waals surface area contributed by atoms with Crippen LogP contribution in [0.5, 0.6) is 5.75 Å². The zero-order valence-corrected chi connectivity index (χ0v) is 16.4. The highest BCUT2D eigenvalue weighted by Crippen LogP contribution is 2.40. The Kier molecular flexibility index (Phi) is 4.30. The van der Waals surface area contributed by atoms with Crippen LogP contribution in [-0.4, -0.2) is 34.4 Å². The Morgan fingerprint density at radius 2 is 2.00 bits per heavy atom. The molecule has 0 saturated heterocycles. The molecular weight excluding hydrogens is 413 g/mol. The maximum absolute atomic E-state index is 13.2. The molecule has 160 valence electrons. The predicted molar refractivity (Wildman–Crippen MR) is 104 cm³/mol. The Morgan fingerprint density at radius 3 is 2.77 bits per heavy atom. The highest BCUT2D eigenvalue weighted by molar-refractivity contribution is 5.98. The fraction of sp³-hybridized carbons (Fsp3) is 0.286. The molecule has 1 amide bonds. The summed E-state index contributed by atoms with van der Waals surface area (Å²) in [6.45, 7) is 0.790. The maximum atomic E-state index is 13.2. The lowest BCUT2D eigenvalue weighted by atomic mass is 10.0. The van der Waals surface area contributed by atoms with Crippen molar-refractivity contribution in [3.05, 3.63) is 58.3 Å². The highest BCUT2D eigenvalue weighted by atomic mass is 19.4. The first-order chi connectivity index (χ1) is 14.7. The quantitative estimate of drug-likeness (QED) is 0.670. The van der Waals surface area contributed by atoms with Gasteiger partial charge in [-0.1, -0.05) is 6.07 Å². The van der Waals surface area contributed by atoms with Gasteiger partial charge in [-0.15, -0.1) is 0 Å². The second kappa shape index (κ2) is 6.81. The van der Waals surface area contributed by atoms with Crippen molar-refractivity contribution in [2.45, 2.75) is 25.4 Å². The van der Waals surface area contributed by atoms with E-state index in [0.717, 1.165) is 23.3 Å². The van der Waals surface area contributed by atoms with E-state index >= 15 is 0 Å². The molecule has 0 bridgehead atoms. The Labute approximate surface area is 174 Å². The van der Waals surface area contributed by atoms with Crippen LogP contribution in [0.2, 0.25) is 0 Å².